The number of hydrogen-bond donors (Lipinski definition) is 0. The number of rotatable bonds is 3. The molecule has 0 unspecified atom stereocenters. The molecule has 0 spiro atoms. The Balaban J connectivity index is 2.17. The highest BCUT2D eigenvalue weighted by Gasteiger charge is 2.39. The summed E-state index contributed by atoms with van der Waals surface area (Å²) in [6, 6.07) is 1.30. The van der Waals surface area contributed by atoms with Gasteiger partial charge in [-0.05, 0) is 0 Å². The summed E-state index contributed by atoms with van der Waals surface area (Å²) in [6.45, 7) is 0.195. The molecule has 150 valence electrons. The van der Waals surface area contributed by atoms with Crippen LogP contribution in [0.3, 0.4) is 0 Å². The van der Waals surface area contributed by atoms with Crippen LogP contribution >= 0.6 is 22.9 Å². The number of nitrogens with zero attached hydrogens (tertiary/aromatic N) is 4. The number of aromatic nitrogens is 4. The lowest BCUT2D eigenvalue weighted by atomic mass is 10.2. The van der Waals surface area contributed by atoms with E-state index in [1.54, 1.807) is 0 Å². The topological polar surface area (TPSA) is 69.3 Å². The zero-order chi connectivity index (χ0) is 21.0. The summed E-state index contributed by atoms with van der Waals surface area (Å²) in [6.07, 6.45) is -9.71. The number of halogens is 7. The third kappa shape index (κ3) is 3.63. The maximum absolute atomic E-state index is 13.2. The minimum Gasteiger partial charge on any atom is -0.293 e. The van der Waals surface area contributed by atoms with E-state index in [1.165, 1.54) is 0 Å². The lowest BCUT2D eigenvalue weighted by molar-refractivity contribution is -0.144. The van der Waals surface area contributed by atoms with Crippen molar-refractivity contribution in [1.82, 2.24) is 19.2 Å². The van der Waals surface area contributed by atoms with Gasteiger partial charge in [0.25, 0.3) is 5.56 Å². The molecule has 0 aromatic carbocycles. The van der Waals surface area contributed by atoms with Gasteiger partial charge in [-0.3, -0.25) is 14.3 Å². The van der Waals surface area contributed by atoms with Gasteiger partial charge in [-0.25, -0.2) is 9.38 Å². The molecule has 28 heavy (non-hydrogen) atoms. The molecule has 0 amide bonds. The third-order valence-electron chi connectivity index (χ3n) is 3.52. The van der Waals surface area contributed by atoms with Gasteiger partial charge in [0.2, 0.25) is 0 Å². The predicted molar refractivity (Wildman–Crippen MR) is 85.7 cm³/mol. The van der Waals surface area contributed by atoms with E-state index in [0.717, 1.165) is 13.0 Å². The highest BCUT2D eigenvalue weighted by atomic mass is 35.5. The van der Waals surface area contributed by atoms with Crippen molar-refractivity contribution in [3.05, 3.63) is 49.6 Å². The molecule has 0 radical (unpaired) electrons. The minimum atomic E-state index is -4.91. The molecule has 6 nitrogen and oxygen atoms in total. The van der Waals surface area contributed by atoms with Gasteiger partial charge in [0.15, 0.2) is 15.9 Å². The summed E-state index contributed by atoms with van der Waals surface area (Å²) in [5.41, 5.74) is -3.41. The quantitative estimate of drug-likeness (QED) is 0.454. The van der Waals surface area contributed by atoms with E-state index in [2.05, 4.69) is 10.1 Å². The second-order valence-electron chi connectivity index (χ2n) is 5.55. The van der Waals surface area contributed by atoms with E-state index in [9.17, 15) is 35.9 Å². The molecule has 0 aliphatic carbocycles. The Morgan fingerprint density at radius 1 is 1.18 bits per heavy atom. The Bertz CT molecular complexity index is 1140. The van der Waals surface area contributed by atoms with E-state index in [-0.39, 0.29) is 17.0 Å². The Kier molecular flexibility index (Phi) is 4.78. The van der Waals surface area contributed by atoms with Gasteiger partial charge >= 0.3 is 12.4 Å². The van der Waals surface area contributed by atoms with E-state index in [1.807, 2.05) is 0 Å². The molecule has 0 fully saturated rings. The fourth-order valence-electron chi connectivity index (χ4n) is 2.50. The second kappa shape index (κ2) is 6.58. The second-order valence-corrected chi connectivity index (χ2v) is 6.91. The molecule has 0 aliphatic rings. The van der Waals surface area contributed by atoms with Gasteiger partial charge in [-0.1, -0.05) is 22.9 Å². The van der Waals surface area contributed by atoms with Crippen molar-refractivity contribution in [2.45, 2.75) is 25.8 Å². The van der Waals surface area contributed by atoms with Crippen molar-refractivity contribution in [3.63, 3.8) is 0 Å². The van der Waals surface area contributed by atoms with Crippen LogP contribution in [0.25, 0.3) is 4.96 Å². The standard InChI is InChI=1S/C14H7ClF6N4O2S/c1-5(26)10-11(14(19,20)21)28-12-22-6(2-9(27)25(10)12)4-24-7(13(16,17)18)3-8(15)23-24/h2-3H,4H2,1H3. The lowest BCUT2D eigenvalue weighted by Crippen LogP contribution is -2.22. The van der Waals surface area contributed by atoms with Gasteiger partial charge in [0, 0.05) is 19.1 Å². The van der Waals surface area contributed by atoms with Gasteiger partial charge in [0.1, 0.15) is 16.3 Å². The van der Waals surface area contributed by atoms with Gasteiger partial charge < -0.3 is 0 Å². The maximum Gasteiger partial charge on any atom is 0.433 e. The monoisotopic (exact) mass is 444 g/mol. The van der Waals surface area contributed by atoms with Crippen molar-refractivity contribution in [2.24, 2.45) is 0 Å². The molecule has 0 N–H and O–H groups in total. The molecule has 0 saturated heterocycles. The molecular formula is C14H7ClF6N4O2S. The normalized spacial score (nSPS) is 12.7. The highest BCUT2D eigenvalue weighted by molar-refractivity contribution is 7.17. The van der Waals surface area contributed by atoms with E-state index >= 15 is 0 Å². The molecule has 0 aliphatic heterocycles. The van der Waals surface area contributed by atoms with Gasteiger partial charge in [0.05, 0.1) is 12.2 Å². The highest BCUT2D eigenvalue weighted by Crippen LogP contribution is 2.37. The van der Waals surface area contributed by atoms with Crippen LogP contribution in [0.2, 0.25) is 5.15 Å². The van der Waals surface area contributed by atoms with Crippen molar-refractivity contribution >= 4 is 33.7 Å². The minimum absolute atomic E-state index is 0.0411. The number of ketones is 1. The fourth-order valence-corrected chi connectivity index (χ4v) is 3.76. The van der Waals surface area contributed by atoms with Crippen LogP contribution in [0, 0.1) is 0 Å². The van der Waals surface area contributed by atoms with Crippen LogP contribution < -0.4 is 5.56 Å². The Morgan fingerprint density at radius 3 is 2.36 bits per heavy atom. The maximum atomic E-state index is 13.2. The molecular weight excluding hydrogens is 438 g/mol. The average Bonchev–Trinajstić information content (AvgIpc) is 3.07. The van der Waals surface area contributed by atoms with Gasteiger partial charge in [-0.15, -0.1) is 0 Å². The van der Waals surface area contributed by atoms with Crippen LogP contribution in [0.5, 0.6) is 0 Å². The molecule has 14 heteroatoms. The number of fused-ring (bicyclic) bond motifs is 1. The smallest absolute Gasteiger partial charge is 0.293 e. The first-order chi connectivity index (χ1) is 12.8. The lowest BCUT2D eigenvalue weighted by Gasteiger charge is -2.09. The zero-order valence-corrected chi connectivity index (χ0v) is 15.1. The Hall–Kier alpha value is -2.41. The summed E-state index contributed by atoms with van der Waals surface area (Å²) < 4.78 is 79.5. The molecule has 0 bridgehead atoms. The van der Waals surface area contributed by atoms with Crippen LogP contribution in [0.1, 0.15) is 33.7 Å². The number of Topliss-reactive ketones (excluding diaryl/α,β-unsaturated/α-hetero) is 1. The van der Waals surface area contributed by atoms with Crippen LogP contribution in [-0.4, -0.2) is 24.9 Å². The molecule has 3 rings (SSSR count). The summed E-state index contributed by atoms with van der Waals surface area (Å²) in [5, 5.41) is 3.00. The largest absolute Gasteiger partial charge is 0.433 e. The van der Waals surface area contributed by atoms with Crippen LogP contribution in [0.4, 0.5) is 26.3 Å². The fraction of sp³-hybridized carbons (Fsp3) is 0.286. The SMILES string of the molecule is CC(=O)c1c(C(F)(F)F)sc2nc(Cn3nc(Cl)cc3C(F)(F)F)cc(=O)n12. The molecule has 3 heterocycles. The van der Waals surface area contributed by atoms with Crippen LogP contribution in [0.15, 0.2) is 16.9 Å². The first-order valence-corrected chi connectivity index (χ1v) is 8.42. The number of alkyl halides is 6. The molecule has 3 aromatic rings. The summed E-state index contributed by atoms with van der Waals surface area (Å²) in [5.74, 6) is -1.01. The summed E-state index contributed by atoms with van der Waals surface area (Å²) >= 11 is 5.54. The molecule has 3 aromatic heterocycles. The van der Waals surface area contributed by atoms with Crippen molar-refractivity contribution in [3.8, 4) is 0 Å². The van der Waals surface area contributed by atoms with E-state index < -0.39 is 56.6 Å². The number of thiazole rings is 1. The van der Waals surface area contributed by atoms with Gasteiger partial charge in [-0.2, -0.15) is 31.4 Å². The molecule has 0 atom stereocenters. The summed E-state index contributed by atoms with van der Waals surface area (Å²) in [7, 11) is 0. The zero-order valence-electron chi connectivity index (χ0n) is 13.5. The third-order valence-corrected chi connectivity index (χ3v) is 4.79. The van der Waals surface area contributed by atoms with Crippen molar-refractivity contribution in [1.29, 1.82) is 0 Å². The van der Waals surface area contributed by atoms with Crippen LogP contribution in [-0.2, 0) is 18.9 Å². The van der Waals surface area contributed by atoms with E-state index in [0.29, 0.717) is 15.1 Å². The number of carbonyl (C=O) groups excluding carboxylic acids is 1. The number of hydrogen-bond acceptors (Lipinski definition) is 5. The molecule has 0 saturated carbocycles. The first kappa shape index (κ1) is 20.3. The predicted octanol–water partition coefficient (Wildman–Crippen LogP) is 3.89. The Morgan fingerprint density at radius 2 is 1.82 bits per heavy atom. The van der Waals surface area contributed by atoms with Crippen molar-refractivity contribution in [2.75, 3.05) is 0 Å². The average molecular weight is 445 g/mol. The summed E-state index contributed by atoms with van der Waals surface area (Å²) in [4.78, 5) is 25.9. The first-order valence-electron chi connectivity index (χ1n) is 7.23. The van der Waals surface area contributed by atoms with E-state index in [4.69, 9.17) is 11.6 Å². The Labute approximate surface area is 160 Å². The number of carbonyl (C=O) groups is 1. The van der Waals surface area contributed by atoms with Crippen molar-refractivity contribution < 1.29 is 31.1 Å².